The Morgan fingerprint density at radius 1 is 0.905 bits per heavy atom. The summed E-state index contributed by atoms with van der Waals surface area (Å²) in [6.45, 7) is 0. The van der Waals surface area contributed by atoms with Crippen molar-refractivity contribution < 1.29 is 4.39 Å². The van der Waals surface area contributed by atoms with Gasteiger partial charge in [-0.05, 0) is 41.8 Å². The molecule has 0 radical (unpaired) electrons. The van der Waals surface area contributed by atoms with Gasteiger partial charge in [0.05, 0.1) is 0 Å². The van der Waals surface area contributed by atoms with Gasteiger partial charge in [0.25, 0.3) is 0 Å². The zero-order chi connectivity index (χ0) is 15.5. The Hall–Kier alpha value is -0.0900. The van der Waals surface area contributed by atoms with Gasteiger partial charge in [0.1, 0.15) is 5.82 Å². The van der Waals surface area contributed by atoms with Crippen molar-refractivity contribution in [1.82, 2.24) is 0 Å². The molecule has 2 aromatic rings. The van der Waals surface area contributed by atoms with Crippen molar-refractivity contribution in [3.05, 3.63) is 68.4 Å². The zero-order valence-corrected chi connectivity index (χ0v) is 15.7. The molecule has 0 unspecified atom stereocenters. The second-order valence-electron chi connectivity index (χ2n) is 4.97. The highest BCUT2D eigenvalue weighted by atomic mass is 79.9. The maximum absolute atomic E-state index is 14.1. The van der Waals surface area contributed by atoms with E-state index in [2.05, 4.69) is 31.9 Å². The van der Waals surface area contributed by atoms with E-state index in [-0.39, 0.29) is 5.82 Å². The van der Waals surface area contributed by atoms with Gasteiger partial charge in [-0.25, -0.2) is 4.39 Å². The van der Waals surface area contributed by atoms with Gasteiger partial charge in [-0.3, -0.25) is 0 Å². The highest BCUT2D eigenvalue weighted by molar-refractivity contribution is 9.10. The summed E-state index contributed by atoms with van der Waals surface area (Å²) in [5.74, 6) is 0.405. The smallest absolute Gasteiger partial charge is 0.127 e. The van der Waals surface area contributed by atoms with Crippen LogP contribution < -0.4 is 0 Å². The van der Waals surface area contributed by atoms with Crippen molar-refractivity contribution in [1.29, 1.82) is 0 Å². The van der Waals surface area contributed by atoms with Crippen LogP contribution in [0, 0.1) is 5.82 Å². The fourth-order valence-corrected chi connectivity index (χ4v) is 3.60. The van der Waals surface area contributed by atoms with Crippen LogP contribution in [0.15, 0.2) is 51.4 Å². The molecule has 0 atom stereocenters. The van der Waals surface area contributed by atoms with Crippen LogP contribution in [-0.2, 0) is 11.8 Å². The van der Waals surface area contributed by atoms with Crippen LogP contribution in [0.25, 0.3) is 0 Å². The number of hydrogen-bond donors (Lipinski definition) is 0. The van der Waals surface area contributed by atoms with Crippen molar-refractivity contribution in [2.24, 2.45) is 0 Å². The van der Waals surface area contributed by atoms with Crippen molar-refractivity contribution >= 4 is 55.1 Å². The van der Waals surface area contributed by atoms with Gasteiger partial charge >= 0.3 is 0 Å². The fourth-order valence-electron chi connectivity index (χ4n) is 2.22. The summed E-state index contributed by atoms with van der Waals surface area (Å²) in [5, 5.41) is 0. The normalized spacial score (nSPS) is 11.7. The second-order valence-corrected chi connectivity index (χ2v) is 7.33. The highest BCUT2D eigenvalue weighted by Crippen LogP contribution is 2.33. The number of halogens is 5. The molecule has 0 bridgehead atoms. The lowest BCUT2D eigenvalue weighted by Gasteiger charge is -2.30. The van der Waals surface area contributed by atoms with Crippen molar-refractivity contribution in [3.8, 4) is 0 Å². The van der Waals surface area contributed by atoms with Crippen LogP contribution in [0.3, 0.4) is 0 Å². The maximum atomic E-state index is 14.1. The molecule has 0 aliphatic rings. The molecule has 0 saturated carbocycles. The lowest BCUT2D eigenvalue weighted by Crippen LogP contribution is -2.33. The monoisotopic (exact) mass is 452 g/mol. The van der Waals surface area contributed by atoms with E-state index in [0.29, 0.717) is 23.7 Å². The third-order valence-corrected chi connectivity index (χ3v) is 5.56. The molecule has 0 amide bonds. The number of benzene rings is 2. The fraction of sp³-hybridized carbons (Fsp3) is 0.250. The van der Waals surface area contributed by atoms with Crippen molar-refractivity contribution in [3.63, 3.8) is 0 Å². The van der Waals surface area contributed by atoms with Gasteiger partial charge in [-0.2, -0.15) is 0 Å². The minimum absolute atomic E-state index is 0.249. The summed E-state index contributed by atoms with van der Waals surface area (Å²) >= 11 is 19.1. The molecule has 2 aromatic carbocycles. The van der Waals surface area contributed by atoms with E-state index >= 15 is 0 Å². The molecule has 112 valence electrons. The van der Waals surface area contributed by atoms with Crippen LogP contribution >= 0.6 is 55.1 Å². The van der Waals surface area contributed by atoms with Gasteiger partial charge in [0.15, 0.2) is 0 Å². The first-order valence-corrected chi connectivity index (χ1v) is 8.98. The van der Waals surface area contributed by atoms with E-state index in [1.807, 2.05) is 30.3 Å². The summed E-state index contributed by atoms with van der Waals surface area (Å²) < 4.78 is 15.8. The predicted octanol–water partition coefficient (Wildman–Crippen LogP) is 6.31. The third-order valence-electron chi connectivity index (χ3n) is 3.51. The molecular formula is C16H13Br2Cl2F. The Labute approximate surface area is 150 Å². The highest BCUT2D eigenvalue weighted by Gasteiger charge is 2.32. The first-order valence-electron chi connectivity index (χ1n) is 6.33. The van der Waals surface area contributed by atoms with E-state index in [1.165, 1.54) is 6.07 Å². The average molecular weight is 455 g/mol. The van der Waals surface area contributed by atoms with Crippen LogP contribution in [-0.4, -0.2) is 11.8 Å². The number of hydrogen-bond acceptors (Lipinski definition) is 0. The Bertz CT molecular complexity index is 610. The van der Waals surface area contributed by atoms with Gasteiger partial charge < -0.3 is 0 Å². The van der Waals surface area contributed by atoms with Gasteiger partial charge in [-0.15, -0.1) is 23.2 Å². The molecule has 2 rings (SSSR count). The largest absolute Gasteiger partial charge is 0.207 e. The Kier molecular flexibility index (Phi) is 6.13. The summed E-state index contributed by atoms with van der Waals surface area (Å²) in [4.78, 5) is 0. The zero-order valence-electron chi connectivity index (χ0n) is 11.1. The predicted molar refractivity (Wildman–Crippen MR) is 95.1 cm³/mol. The van der Waals surface area contributed by atoms with Crippen molar-refractivity contribution in [2.75, 3.05) is 11.8 Å². The Morgan fingerprint density at radius 2 is 1.48 bits per heavy atom. The van der Waals surface area contributed by atoms with Gasteiger partial charge in [0.2, 0.25) is 0 Å². The molecule has 0 spiro atoms. The Morgan fingerprint density at radius 3 is 2.00 bits per heavy atom. The summed E-state index contributed by atoms with van der Waals surface area (Å²) in [6.07, 6.45) is 0.459. The topological polar surface area (TPSA) is 0 Å². The van der Waals surface area contributed by atoms with E-state index in [9.17, 15) is 4.39 Å². The third kappa shape index (κ3) is 4.01. The van der Waals surface area contributed by atoms with E-state index in [4.69, 9.17) is 23.2 Å². The molecule has 0 fully saturated rings. The first kappa shape index (κ1) is 17.3. The number of alkyl halides is 2. The molecule has 0 aliphatic heterocycles. The SMILES string of the molecule is Fc1cc(Br)ccc1CC(CCl)(CCl)c1ccc(Br)cc1. The average Bonchev–Trinajstić information content (AvgIpc) is 2.48. The molecule has 0 heterocycles. The lowest BCUT2D eigenvalue weighted by atomic mass is 9.78. The minimum atomic E-state index is -0.488. The van der Waals surface area contributed by atoms with Gasteiger partial charge in [-0.1, -0.05) is 50.1 Å². The molecule has 0 nitrogen and oxygen atoms in total. The maximum Gasteiger partial charge on any atom is 0.127 e. The quantitative estimate of drug-likeness (QED) is 0.464. The summed E-state index contributed by atoms with van der Waals surface area (Å²) in [5.41, 5.74) is 1.14. The van der Waals surface area contributed by atoms with Crippen LogP contribution in [0.1, 0.15) is 11.1 Å². The molecule has 0 N–H and O–H groups in total. The molecule has 0 aromatic heterocycles. The molecule has 0 saturated heterocycles. The van der Waals surface area contributed by atoms with Crippen LogP contribution in [0.2, 0.25) is 0 Å². The van der Waals surface area contributed by atoms with Crippen LogP contribution in [0.4, 0.5) is 4.39 Å². The molecule has 5 heteroatoms. The number of rotatable bonds is 5. The van der Waals surface area contributed by atoms with E-state index in [0.717, 1.165) is 14.5 Å². The summed E-state index contributed by atoms with van der Waals surface area (Å²) in [7, 11) is 0. The lowest BCUT2D eigenvalue weighted by molar-refractivity contribution is 0.511. The van der Waals surface area contributed by atoms with Crippen LogP contribution in [0.5, 0.6) is 0 Å². The van der Waals surface area contributed by atoms with E-state index in [1.54, 1.807) is 6.07 Å². The molecule has 0 aliphatic carbocycles. The minimum Gasteiger partial charge on any atom is -0.207 e. The summed E-state index contributed by atoms with van der Waals surface area (Å²) in [6, 6.07) is 12.9. The molecule has 21 heavy (non-hydrogen) atoms. The first-order chi connectivity index (χ1) is 10.0. The Balaban J connectivity index is 2.40. The van der Waals surface area contributed by atoms with Crippen molar-refractivity contribution in [2.45, 2.75) is 11.8 Å². The van der Waals surface area contributed by atoms with E-state index < -0.39 is 5.41 Å². The standard InChI is InChI=1S/C16H13Br2Cl2F/c17-13-5-2-12(3-6-13)16(9-19,10-20)8-11-1-4-14(18)7-15(11)21/h1-7H,8-10H2. The second kappa shape index (κ2) is 7.45. The van der Waals surface area contributed by atoms with Gasteiger partial charge in [0, 0.05) is 26.1 Å². The molecular weight excluding hydrogens is 442 g/mol.